The number of alkyl halides is 4. The first kappa shape index (κ1) is 16.4. The van der Waals surface area contributed by atoms with Crippen molar-refractivity contribution in [1.29, 1.82) is 0 Å². The third kappa shape index (κ3) is 4.78. The van der Waals surface area contributed by atoms with E-state index in [0.717, 1.165) is 23.3 Å². The molecular weight excluding hydrogens is 305 g/mol. The molecule has 21 heavy (non-hydrogen) atoms. The molecule has 1 unspecified atom stereocenters. The molecule has 0 bridgehead atoms. The predicted octanol–water partition coefficient (Wildman–Crippen LogP) is 4.65. The fourth-order valence-corrected chi connectivity index (χ4v) is 2.59. The summed E-state index contributed by atoms with van der Waals surface area (Å²) in [7, 11) is 0. The molecule has 6 heteroatoms. The van der Waals surface area contributed by atoms with Gasteiger partial charge in [0.05, 0.1) is 5.38 Å². The Morgan fingerprint density at radius 2 is 2.10 bits per heavy atom. The molecule has 0 aromatic heterocycles. The van der Waals surface area contributed by atoms with Crippen LogP contribution in [0.4, 0.5) is 13.2 Å². The predicted molar refractivity (Wildman–Crippen MR) is 74.9 cm³/mol. The monoisotopic (exact) mass is 322 g/mol. The smallest absolute Gasteiger partial charge is 0.411 e. The summed E-state index contributed by atoms with van der Waals surface area (Å²) in [6.45, 7) is 2.77. The van der Waals surface area contributed by atoms with Crippen LogP contribution in [0.2, 0.25) is 0 Å². The molecule has 0 fully saturated rings. The zero-order valence-corrected chi connectivity index (χ0v) is 12.7. The molecule has 2 nitrogen and oxygen atoms in total. The highest BCUT2D eigenvalue weighted by atomic mass is 35.5. The number of halogens is 4. The molecule has 0 aliphatic carbocycles. The normalized spacial score (nSPS) is 18.2. The lowest BCUT2D eigenvalue weighted by atomic mass is 9.99. The average Bonchev–Trinajstić information content (AvgIpc) is 2.65. The van der Waals surface area contributed by atoms with E-state index in [2.05, 4.69) is 4.74 Å². The van der Waals surface area contributed by atoms with E-state index in [4.69, 9.17) is 16.3 Å². The van der Waals surface area contributed by atoms with Crippen molar-refractivity contribution in [2.75, 3.05) is 13.2 Å². The van der Waals surface area contributed by atoms with Crippen LogP contribution < -0.4 is 4.74 Å². The molecule has 0 saturated carbocycles. The minimum absolute atomic E-state index is 0.0211. The molecule has 0 amide bonds. The van der Waals surface area contributed by atoms with E-state index in [9.17, 15) is 13.2 Å². The summed E-state index contributed by atoms with van der Waals surface area (Å²) in [6, 6.07) is 5.68. The van der Waals surface area contributed by atoms with Crippen molar-refractivity contribution in [2.24, 2.45) is 0 Å². The maximum absolute atomic E-state index is 12.0. The van der Waals surface area contributed by atoms with E-state index >= 15 is 0 Å². The summed E-state index contributed by atoms with van der Waals surface area (Å²) < 4.78 is 46.2. The maximum Gasteiger partial charge on any atom is 0.411 e. The topological polar surface area (TPSA) is 18.5 Å². The highest BCUT2D eigenvalue weighted by Gasteiger charge is 2.30. The van der Waals surface area contributed by atoms with Gasteiger partial charge >= 0.3 is 6.18 Å². The Morgan fingerprint density at radius 3 is 2.76 bits per heavy atom. The number of hydrogen-bond donors (Lipinski definition) is 0. The van der Waals surface area contributed by atoms with Crippen LogP contribution in [0.25, 0.3) is 0 Å². The van der Waals surface area contributed by atoms with Gasteiger partial charge in [0, 0.05) is 13.0 Å². The Bertz CT molecular complexity index is 500. The van der Waals surface area contributed by atoms with Gasteiger partial charge in [-0.05, 0) is 37.5 Å². The molecule has 0 N–H and O–H groups in total. The van der Waals surface area contributed by atoms with Crippen molar-refractivity contribution < 1.29 is 22.6 Å². The summed E-state index contributed by atoms with van der Waals surface area (Å²) in [5.41, 5.74) is 1.74. The van der Waals surface area contributed by atoms with E-state index in [1.54, 1.807) is 0 Å². The largest absolute Gasteiger partial charge is 0.487 e. The molecule has 118 valence electrons. The summed E-state index contributed by atoms with van der Waals surface area (Å²) in [5, 5.41) is -0.368. The molecule has 1 aromatic rings. The first-order valence-corrected chi connectivity index (χ1v) is 7.20. The fourth-order valence-electron chi connectivity index (χ4n) is 2.37. The highest BCUT2D eigenvalue weighted by molar-refractivity contribution is 6.20. The Labute approximate surface area is 127 Å². The van der Waals surface area contributed by atoms with Crippen LogP contribution >= 0.6 is 11.6 Å². The third-order valence-corrected chi connectivity index (χ3v) is 3.70. The van der Waals surface area contributed by atoms with E-state index in [1.165, 1.54) is 0 Å². The summed E-state index contributed by atoms with van der Waals surface area (Å²) in [6.07, 6.45) is -3.16. The number of fused-ring (bicyclic) bond motifs is 1. The van der Waals surface area contributed by atoms with Crippen molar-refractivity contribution in [3.05, 3.63) is 29.3 Å². The molecular formula is C15H18ClF3O2. The van der Waals surface area contributed by atoms with Gasteiger partial charge in [-0.2, -0.15) is 13.2 Å². The van der Waals surface area contributed by atoms with Gasteiger partial charge in [-0.15, -0.1) is 11.6 Å². The minimum Gasteiger partial charge on any atom is -0.487 e. The first-order chi connectivity index (χ1) is 9.66. The Hall–Kier alpha value is -0.940. The van der Waals surface area contributed by atoms with Crippen LogP contribution in [-0.2, 0) is 11.2 Å². The van der Waals surface area contributed by atoms with E-state index in [1.807, 2.05) is 32.0 Å². The van der Waals surface area contributed by atoms with Crippen LogP contribution in [-0.4, -0.2) is 25.0 Å². The van der Waals surface area contributed by atoms with Crippen LogP contribution in [0.1, 0.15) is 36.8 Å². The Morgan fingerprint density at radius 1 is 1.38 bits per heavy atom. The third-order valence-electron chi connectivity index (χ3n) is 3.23. The SMILES string of the molecule is CC1(C)Cc2cc(C(Cl)CCOCC(F)(F)F)ccc2O1. The van der Waals surface area contributed by atoms with Crippen molar-refractivity contribution in [3.8, 4) is 5.75 Å². The molecule has 1 heterocycles. The van der Waals surface area contributed by atoms with Crippen molar-refractivity contribution in [2.45, 2.75) is 43.8 Å². The molecule has 0 radical (unpaired) electrons. The Balaban J connectivity index is 1.88. The molecule has 1 aliphatic rings. The fraction of sp³-hybridized carbons (Fsp3) is 0.600. The van der Waals surface area contributed by atoms with E-state index in [0.29, 0.717) is 6.42 Å². The van der Waals surface area contributed by atoms with Crippen LogP contribution in [0, 0.1) is 0 Å². The van der Waals surface area contributed by atoms with Gasteiger partial charge in [0.2, 0.25) is 0 Å². The lowest BCUT2D eigenvalue weighted by molar-refractivity contribution is -0.174. The van der Waals surface area contributed by atoms with Gasteiger partial charge in [0.15, 0.2) is 0 Å². The quantitative estimate of drug-likeness (QED) is 0.580. The van der Waals surface area contributed by atoms with Gasteiger partial charge < -0.3 is 9.47 Å². The molecule has 1 aromatic carbocycles. The molecule has 0 saturated heterocycles. The lowest BCUT2D eigenvalue weighted by Gasteiger charge is -2.16. The average molecular weight is 323 g/mol. The Kier molecular flexibility index (Phi) is 4.73. The van der Waals surface area contributed by atoms with Crippen LogP contribution in [0.5, 0.6) is 5.75 Å². The maximum atomic E-state index is 12.0. The van der Waals surface area contributed by atoms with Crippen molar-refractivity contribution >= 4 is 11.6 Å². The molecule has 1 aliphatic heterocycles. The second-order valence-electron chi connectivity index (χ2n) is 5.83. The zero-order chi connectivity index (χ0) is 15.7. The van der Waals surface area contributed by atoms with Gasteiger partial charge in [0.1, 0.15) is 18.0 Å². The van der Waals surface area contributed by atoms with Crippen LogP contribution in [0.3, 0.4) is 0 Å². The van der Waals surface area contributed by atoms with E-state index < -0.39 is 12.8 Å². The highest BCUT2D eigenvalue weighted by Crippen LogP contribution is 2.37. The zero-order valence-electron chi connectivity index (χ0n) is 12.0. The van der Waals surface area contributed by atoms with E-state index in [-0.39, 0.29) is 17.6 Å². The number of ether oxygens (including phenoxy) is 2. The summed E-state index contributed by atoms with van der Waals surface area (Å²) in [4.78, 5) is 0. The van der Waals surface area contributed by atoms with Gasteiger partial charge in [0.25, 0.3) is 0 Å². The standard InChI is InChI=1S/C15H18ClF3O2/c1-14(2)8-11-7-10(3-4-13(11)21-14)12(16)5-6-20-9-15(17,18)19/h3-4,7,12H,5-6,8-9H2,1-2H3. The first-order valence-electron chi connectivity index (χ1n) is 6.77. The number of hydrogen-bond acceptors (Lipinski definition) is 2. The number of benzene rings is 1. The van der Waals surface area contributed by atoms with Gasteiger partial charge in [-0.3, -0.25) is 0 Å². The van der Waals surface area contributed by atoms with Gasteiger partial charge in [-0.25, -0.2) is 0 Å². The summed E-state index contributed by atoms with van der Waals surface area (Å²) in [5.74, 6) is 0.848. The minimum atomic E-state index is -4.29. The van der Waals surface area contributed by atoms with Gasteiger partial charge in [-0.1, -0.05) is 12.1 Å². The second kappa shape index (κ2) is 6.05. The van der Waals surface area contributed by atoms with Crippen molar-refractivity contribution in [3.63, 3.8) is 0 Å². The van der Waals surface area contributed by atoms with Crippen LogP contribution in [0.15, 0.2) is 18.2 Å². The lowest BCUT2D eigenvalue weighted by Crippen LogP contribution is -2.24. The molecule has 1 atom stereocenters. The van der Waals surface area contributed by atoms with Crippen molar-refractivity contribution in [1.82, 2.24) is 0 Å². The number of rotatable bonds is 5. The second-order valence-corrected chi connectivity index (χ2v) is 6.36. The summed E-state index contributed by atoms with van der Waals surface area (Å²) >= 11 is 6.23. The molecule has 0 spiro atoms. The molecule has 2 rings (SSSR count).